The van der Waals surface area contributed by atoms with Gasteiger partial charge in [0.05, 0.1) is 16.2 Å². The Kier molecular flexibility index (Phi) is 3.38. The molecular formula is C10H6FN3O4S. The van der Waals surface area contributed by atoms with Gasteiger partial charge in [-0.25, -0.2) is 14.2 Å². The Labute approximate surface area is 109 Å². The standard InChI is InChI=1S/C10H6FN3O4S/c11-6-3-5(9(15)16)1-2-7(6)13-10-12-4-8(19-10)14(17)18/h1-4H,(H,12,13)(H,15,16). The number of aromatic carboxylic acids is 1. The highest BCUT2D eigenvalue weighted by molar-refractivity contribution is 7.18. The van der Waals surface area contributed by atoms with Crippen molar-refractivity contribution in [2.45, 2.75) is 0 Å². The molecule has 0 bridgehead atoms. The van der Waals surface area contributed by atoms with Crippen LogP contribution in [0.5, 0.6) is 0 Å². The lowest BCUT2D eigenvalue weighted by atomic mass is 10.2. The zero-order valence-corrected chi connectivity index (χ0v) is 9.98. The predicted octanol–water partition coefficient (Wildman–Crippen LogP) is 2.63. The van der Waals surface area contributed by atoms with E-state index < -0.39 is 16.7 Å². The Morgan fingerprint density at radius 3 is 2.79 bits per heavy atom. The van der Waals surface area contributed by atoms with E-state index in [1.807, 2.05) is 0 Å². The largest absolute Gasteiger partial charge is 0.478 e. The lowest BCUT2D eigenvalue weighted by Crippen LogP contribution is -1.99. The van der Waals surface area contributed by atoms with Gasteiger partial charge in [-0.2, -0.15) is 0 Å². The van der Waals surface area contributed by atoms with Crippen LogP contribution < -0.4 is 5.32 Å². The molecule has 0 atom stereocenters. The Morgan fingerprint density at radius 1 is 1.53 bits per heavy atom. The van der Waals surface area contributed by atoms with Gasteiger partial charge in [-0.15, -0.1) is 0 Å². The fraction of sp³-hybridized carbons (Fsp3) is 0. The molecular weight excluding hydrogens is 277 g/mol. The highest BCUT2D eigenvalue weighted by Gasteiger charge is 2.13. The highest BCUT2D eigenvalue weighted by Crippen LogP contribution is 2.28. The molecule has 98 valence electrons. The molecule has 19 heavy (non-hydrogen) atoms. The summed E-state index contributed by atoms with van der Waals surface area (Å²) in [6.45, 7) is 0. The smallest absolute Gasteiger partial charge is 0.345 e. The Hall–Kier alpha value is -2.55. The van der Waals surface area contributed by atoms with Crippen molar-refractivity contribution in [2.75, 3.05) is 5.32 Å². The van der Waals surface area contributed by atoms with Crippen LogP contribution in [0.15, 0.2) is 24.4 Å². The second-order valence-electron chi connectivity index (χ2n) is 3.39. The minimum Gasteiger partial charge on any atom is -0.478 e. The number of carboxylic acid groups (broad SMARTS) is 1. The van der Waals surface area contributed by atoms with Crippen LogP contribution in [0.4, 0.5) is 20.2 Å². The maximum Gasteiger partial charge on any atom is 0.345 e. The number of nitrogens with one attached hydrogen (secondary N) is 1. The highest BCUT2D eigenvalue weighted by atomic mass is 32.1. The maximum absolute atomic E-state index is 13.6. The number of hydrogen-bond donors (Lipinski definition) is 2. The van der Waals surface area contributed by atoms with Crippen LogP contribution in [0.25, 0.3) is 0 Å². The number of carboxylic acids is 1. The summed E-state index contributed by atoms with van der Waals surface area (Å²) in [6, 6.07) is 3.30. The molecule has 2 rings (SSSR count). The molecule has 1 aromatic heterocycles. The fourth-order valence-corrected chi connectivity index (χ4v) is 1.92. The van der Waals surface area contributed by atoms with Crippen molar-refractivity contribution in [1.29, 1.82) is 0 Å². The van der Waals surface area contributed by atoms with Crippen LogP contribution in [0.1, 0.15) is 10.4 Å². The summed E-state index contributed by atoms with van der Waals surface area (Å²) in [5.74, 6) is -2.02. The van der Waals surface area contributed by atoms with Crippen LogP contribution in [-0.4, -0.2) is 21.0 Å². The number of nitrogens with zero attached hydrogens (tertiary/aromatic N) is 2. The molecule has 0 aliphatic rings. The van der Waals surface area contributed by atoms with Gasteiger partial charge in [-0.05, 0) is 29.5 Å². The van der Waals surface area contributed by atoms with Gasteiger partial charge in [0, 0.05) is 0 Å². The third-order valence-electron chi connectivity index (χ3n) is 2.13. The number of benzene rings is 1. The number of hydrogen-bond acceptors (Lipinski definition) is 6. The molecule has 2 N–H and O–H groups in total. The average Bonchev–Trinajstić information content (AvgIpc) is 2.80. The Morgan fingerprint density at radius 2 is 2.26 bits per heavy atom. The van der Waals surface area contributed by atoms with Gasteiger partial charge in [0.2, 0.25) is 0 Å². The summed E-state index contributed by atoms with van der Waals surface area (Å²) in [5, 5.41) is 21.7. The zero-order chi connectivity index (χ0) is 14.0. The second-order valence-corrected chi connectivity index (χ2v) is 4.39. The Bertz CT molecular complexity index is 658. The third kappa shape index (κ3) is 2.83. The summed E-state index contributed by atoms with van der Waals surface area (Å²) in [4.78, 5) is 24.2. The van der Waals surface area contributed by atoms with Crippen LogP contribution in [-0.2, 0) is 0 Å². The summed E-state index contributed by atoms with van der Waals surface area (Å²) >= 11 is 0.751. The molecule has 0 aliphatic carbocycles. The number of anilines is 2. The van der Waals surface area contributed by atoms with Crippen molar-refractivity contribution in [2.24, 2.45) is 0 Å². The van der Waals surface area contributed by atoms with Crippen LogP contribution >= 0.6 is 11.3 Å². The van der Waals surface area contributed by atoms with Crippen LogP contribution in [0.3, 0.4) is 0 Å². The second kappa shape index (κ2) is 4.98. The minimum absolute atomic E-state index is 0.00533. The lowest BCUT2D eigenvalue weighted by molar-refractivity contribution is -0.380. The van der Waals surface area contributed by atoms with Crippen molar-refractivity contribution in [1.82, 2.24) is 4.98 Å². The van der Waals surface area contributed by atoms with E-state index in [1.165, 1.54) is 12.1 Å². The summed E-state index contributed by atoms with van der Waals surface area (Å²) in [5.41, 5.74) is -0.192. The number of halogens is 1. The number of carbonyl (C=O) groups is 1. The van der Waals surface area contributed by atoms with E-state index >= 15 is 0 Å². The minimum atomic E-state index is -1.24. The SMILES string of the molecule is O=C(O)c1ccc(Nc2ncc([N+](=O)[O-])s2)c(F)c1. The van der Waals surface area contributed by atoms with Gasteiger partial charge in [0.15, 0.2) is 5.13 Å². The maximum atomic E-state index is 13.6. The molecule has 1 aromatic carbocycles. The molecule has 9 heteroatoms. The molecule has 0 unspecified atom stereocenters. The Balaban J connectivity index is 2.23. The molecule has 0 amide bonds. The molecule has 0 aliphatic heterocycles. The first-order valence-corrected chi connectivity index (χ1v) is 5.69. The fourth-order valence-electron chi connectivity index (χ4n) is 1.27. The van der Waals surface area contributed by atoms with E-state index in [4.69, 9.17) is 5.11 Å². The normalized spacial score (nSPS) is 10.2. The zero-order valence-electron chi connectivity index (χ0n) is 9.16. The molecule has 0 radical (unpaired) electrons. The van der Waals surface area contributed by atoms with Crippen molar-refractivity contribution in [3.63, 3.8) is 0 Å². The number of rotatable bonds is 4. The molecule has 7 nitrogen and oxygen atoms in total. The van der Waals surface area contributed by atoms with E-state index in [0.717, 1.165) is 23.6 Å². The molecule has 0 saturated carbocycles. The van der Waals surface area contributed by atoms with E-state index in [0.29, 0.717) is 0 Å². The van der Waals surface area contributed by atoms with E-state index in [2.05, 4.69) is 10.3 Å². The van der Waals surface area contributed by atoms with Crippen molar-refractivity contribution in [3.05, 3.63) is 45.9 Å². The topological polar surface area (TPSA) is 105 Å². The molecule has 1 heterocycles. The van der Waals surface area contributed by atoms with Gasteiger partial charge in [-0.3, -0.25) is 10.1 Å². The van der Waals surface area contributed by atoms with Gasteiger partial charge in [0.1, 0.15) is 12.0 Å². The van der Waals surface area contributed by atoms with Crippen molar-refractivity contribution < 1.29 is 19.2 Å². The van der Waals surface area contributed by atoms with E-state index in [-0.39, 0.29) is 21.4 Å². The summed E-state index contributed by atoms with van der Waals surface area (Å²) in [7, 11) is 0. The van der Waals surface area contributed by atoms with Crippen LogP contribution in [0, 0.1) is 15.9 Å². The first-order chi connectivity index (χ1) is 8.97. The van der Waals surface area contributed by atoms with Gasteiger partial charge >= 0.3 is 11.0 Å². The van der Waals surface area contributed by atoms with Crippen molar-refractivity contribution >= 4 is 33.1 Å². The van der Waals surface area contributed by atoms with Gasteiger partial charge in [-0.1, -0.05) is 0 Å². The monoisotopic (exact) mass is 283 g/mol. The van der Waals surface area contributed by atoms with E-state index in [1.54, 1.807) is 0 Å². The van der Waals surface area contributed by atoms with Gasteiger partial charge in [0.25, 0.3) is 0 Å². The third-order valence-corrected chi connectivity index (χ3v) is 3.00. The predicted molar refractivity (Wildman–Crippen MR) is 65.4 cm³/mol. The molecule has 2 aromatic rings. The summed E-state index contributed by atoms with van der Waals surface area (Å²) in [6.07, 6.45) is 1.05. The number of thiazole rings is 1. The van der Waals surface area contributed by atoms with Crippen molar-refractivity contribution in [3.8, 4) is 0 Å². The number of nitro groups is 1. The first kappa shape index (κ1) is 12.9. The number of aromatic nitrogens is 1. The van der Waals surface area contributed by atoms with E-state index in [9.17, 15) is 19.3 Å². The molecule has 0 fully saturated rings. The first-order valence-electron chi connectivity index (χ1n) is 4.87. The lowest BCUT2D eigenvalue weighted by Gasteiger charge is -2.04. The molecule has 0 spiro atoms. The van der Waals surface area contributed by atoms with Crippen LogP contribution in [0.2, 0.25) is 0 Å². The quantitative estimate of drug-likeness (QED) is 0.660. The average molecular weight is 283 g/mol. The summed E-state index contributed by atoms with van der Waals surface area (Å²) < 4.78 is 13.6. The molecule has 0 saturated heterocycles. The van der Waals surface area contributed by atoms with Gasteiger partial charge < -0.3 is 10.4 Å².